The van der Waals surface area contributed by atoms with E-state index in [9.17, 15) is 9.59 Å². The van der Waals surface area contributed by atoms with Crippen molar-refractivity contribution >= 4 is 51.7 Å². The van der Waals surface area contributed by atoms with Crippen LogP contribution in [0.3, 0.4) is 0 Å². The summed E-state index contributed by atoms with van der Waals surface area (Å²) in [5, 5.41) is 0. The van der Waals surface area contributed by atoms with E-state index < -0.39 is 0 Å². The molecule has 0 unspecified atom stereocenters. The van der Waals surface area contributed by atoms with E-state index in [1.165, 1.54) is 16.2 Å². The van der Waals surface area contributed by atoms with Crippen LogP contribution >= 0.6 is 24.0 Å². The molecule has 2 saturated heterocycles. The first-order valence-electron chi connectivity index (χ1n) is 12.0. The Kier molecular flexibility index (Phi) is 6.14. The van der Waals surface area contributed by atoms with Gasteiger partial charge in [-0.15, -0.1) is 0 Å². The fourth-order valence-electron chi connectivity index (χ4n) is 4.73. The molecule has 3 aromatic rings. The Bertz CT molecular complexity index is 1460. The lowest BCUT2D eigenvalue weighted by Crippen LogP contribution is -2.30. The van der Waals surface area contributed by atoms with Crippen LogP contribution < -0.4 is 19.9 Å². The lowest BCUT2D eigenvalue weighted by Gasteiger charge is -2.23. The number of ether oxygens (including phenoxy) is 2. The van der Waals surface area contributed by atoms with Crippen molar-refractivity contribution < 1.29 is 14.3 Å². The Morgan fingerprint density at radius 2 is 1.83 bits per heavy atom. The monoisotopic (exact) mass is 520 g/mol. The average molecular weight is 521 g/mol. The molecule has 10 heteroatoms. The molecule has 2 fully saturated rings. The number of anilines is 1. The van der Waals surface area contributed by atoms with Gasteiger partial charge in [-0.05, 0) is 48.7 Å². The molecule has 0 aliphatic carbocycles. The highest BCUT2D eigenvalue weighted by Crippen LogP contribution is 2.37. The van der Waals surface area contributed by atoms with E-state index in [2.05, 4.69) is 4.90 Å². The number of carbonyl (C=O) groups excluding carboxylic acids is 1. The number of fused-ring (bicyclic) bond motifs is 2. The fraction of sp³-hybridized carbons (Fsp3) is 0.308. The van der Waals surface area contributed by atoms with Crippen molar-refractivity contribution in [1.82, 2.24) is 14.3 Å². The lowest BCUT2D eigenvalue weighted by atomic mass is 10.2. The van der Waals surface area contributed by atoms with Gasteiger partial charge in [0.25, 0.3) is 11.5 Å². The number of carbonyl (C=O) groups is 1. The van der Waals surface area contributed by atoms with Crippen LogP contribution in [0.15, 0.2) is 52.3 Å². The molecule has 0 saturated carbocycles. The Balaban J connectivity index is 1.36. The molecule has 6 rings (SSSR count). The van der Waals surface area contributed by atoms with Crippen LogP contribution in [-0.2, 0) is 11.3 Å². The van der Waals surface area contributed by atoms with Gasteiger partial charge in [0.1, 0.15) is 15.8 Å². The number of rotatable bonds is 4. The van der Waals surface area contributed by atoms with E-state index in [-0.39, 0.29) is 18.3 Å². The first kappa shape index (κ1) is 23.1. The van der Waals surface area contributed by atoms with Crippen molar-refractivity contribution in [3.8, 4) is 11.5 Å². The summed E-state index contributed by atoms with van der Waals surface area (Å²) in [6, 6.07) is 11.1. The predicted molar refractivity (Wildman–Crippen MR) is 143 cm³/mol. The molecule has 3 aliphatic heterocycles. The Morgan fingerprint density at radius 1 is 1.03 bits per heavy atom. The second kappa shape index (κ2) is 9.59. The summed E-state index contributed by atoms with van der Waals surface area (Å²) in [6.07, 6.45) is 7.81. The highest BCUT2D eigenvalue weighted by atomic mass is 32.2. The molecule has 3 aliphatic rings. The van der Waals surface area contributed by atoms with Crippen LogP contribution in [0, 0.1) is 0 Å². The summed E-state index contributed by atoms with van der Waals surface area (Å²) in [5.41, 5.74) is 1.70. The van der Waals surface area contributed by atoms with E-state index in [0.717, 1.165) is 44.3 Å². The number of amides is 1. The molecule has 8 nitrogen and oxygen atoms in total. The summed E-state index contributed by atoms with van der Waals surface area (Å²) < 4.78 is 12.8. The highest BCUT2D eigenvalue weighted by molar-refractivity contribution is 8.26. The first-order chi connectivity index (χ1) is 17.6. The van der Waals surface area contributed by atoms with E-state index >= 15 is 0 Å². The quantitative estimate of drug-likeness (QED) is 0.374. The van der Waals surface area contributed by atoms with Crippen molar-refractivity contribution in [3.63, 3.8) is 0 Å². The van der Waals surface area contributed by atoms with Crippen LogP contribution in [-0.4, -0.2) is 44.4 Å². The van der Waals surface area contributed by atoms with Crippen LogP contribution in [0.5, 0.6) is 11.5 Å². The summed E-state index contributed by atoms with van der Waals surface area (Å²) in [6.45, 7) is 2.17. The maximum atomic E-state index is 13.6. The predicted octanol–water partition coefficient (Wildman–Crippen LogP) is 4.21. The fourth-order valence-corrected chi connectivity index (χ4v) is 5.97. The van der Waals surface area contributed by atoms with E-state index in [1.807, 2.05) is 30.3 Å². The number of hydrogen-bond acceptors (Lipinski definition) is 8. The molecule has 184 valence electrons. The number of thiocarbonyl (C=S) groups is 1. The third-order valence-electron chi connectivity index (χ3n) is 6.58. The Morgan fingerprint density at radius 3 is 2.67 bits per heavy atom. The summed E-state index contributed by atoms with van der Waals surface area (Å²) in [7, 11) is 0. The van der Waals surface area contributed by atoms with Crippen LogP contribution in [0.4, 0.5) is 5.82 Å². The zero-order valence-electron chi connectivity index (χ0n) is 19.5. The van der Waals surface area contributed by atoms with E-state index in [4.69, 9.17) is 26.7 Å². The maximum absolute atomic E-state index is 13.6. The molecule has 2 aromatic heterocycles. The third kappa shape index (κ3) is 4.24. The van der Waals surface area contributed by atoms with E-state index in [0.29, 0.717) is 44.3 Å². The molecule has 1 amide bonds. The van der Waals surface area contributed by atoms with Gasteiger partial charge in [0.15, 0.2) is 11.5 Å². The van der Waals surface area contributed by atoms with Gasteiger partial charge in [0, 0.05) is 19.3 Å². The Hall–Kier alpha value is -3.37. The van der Waals surface area contributed by atoms with Gasteiger partial charge in [-0.3, -0.25) is 18.9 Å². The van der Waals surface area contributed by atoms with Gasteiger partial charge in [-0.1, -0.05) is 49.0 Å². The van der Waals surface area contributed by atoms with Crippen molar-refractivity contribution in [1.29, 1.82) is 0 Å². The zero-order chi connectivity index (χ0) is 24.6. The number of nitrogens with zero attached hydrogens (tertiary/aromatic N) is 4. The normalized spacial score (nSPS) is 18.9. The maximum Gasteiger partial charge on any atom is 0.267 e. The zero-order valence-corrected chi connectivity index (χ0v) is 21.1. The molecule has 36 heavy (non-hydrogen) atoms. The van der Waals surface area contributed by atoms with Gasteiger partial charge in [0.2, 0.25) is 6.79 Å². The largest absolute Gasteiger partial charge is 0.454 e. The van der Waals surface area contributed by atoms with Crippen LogP contribution in [0.25, 0.3) is 11.7 Å². The van der Waals surface area contributed by atoms with Crippen molar-refractivity contribution in [3.05, 3.63) is 69.0 Å². The topological polar surface area (TPSA) is 76.4 Å². The molecular weight excluding hydrogens is 496 g/mol. The SMILES string of the molecule is O=C1/C(=C\c2c(N3CCCCCC3)nc3ccccn3c2=O)SC(=S)N1Cc1ccc2c(c1)OCO2. The second-order valence-electron chi connectivity index (χ2n) is 8.94. The van der Waals surface area contributed by atoms with Crippen molar-refractivity contribution in [2.24, 2.45) is 0 Å². The second-order valence-corrected chi connectivity index (χ2v) is 10.6. The van der Waals surface area contributed by atoms with Crippen molar-refractivity contribution in [2.75, 3.05) is 24.8 Å². The minimum Gasteiger partial charge on any atom is -0.454 e. The summed E-state index contributed by atoms with van der Waals surface area (Å²) in [4.78, 5) is 36.0. The van der Waals surface area contributed by atoms with Gasteiger partial charge in [-0.2, -0.15) is 0 Å². The smallest absolute Gasteiger partial charge is 0.267 e. The molecule has 0 atom stereocenters. The van der Waals surface area contributed by atoms with Crippen molar-refractivity contribution in [2.45, 2.75) is 32.2 Å². The van der Waals surface area contributed by atoms with E-state index in [1.54, 1.807) is 23.2 Å². The third-order valence-corrected chi connectivity index (χ3v) is 7.96. The van der Waals surface area contributed by atoms with Gasteiger partial charge in [0.05, 0.1) is 17.0 Å². The molecule has 0 N–H and O–H groups in total. The molecule has 0 bridgehead atoms. The number of pyridine rings is 1. The Labute approximate surface area is 217 Å². The van der Waals surface area contributed by atoms with Gasteiger partial charge < -0.3 is 14.4 Å². The molecule has 0 spiro atoms. The van der Waals surface area contributed by atoms with Crippen LogP contribution in [0.1, 0.15) is 36.8 Å². The summed E-state index contributed by atoms with van der Waals surface area (Å²) in [5.74, 6) is 1.76. The highest BCUT2D eigenvalue weighted by Gasteiger charge is 2.33. The molecule has 1 aromatic carbocycles. The number of hydrogen-bond donors (Lipinski definition) is 0. The number of benzene rings is 1. The molecule has 5 heterocycles. The van der Waals surface area contributed by atoms with Gasteiger partial charge in [-0.25, -0.2) is 4.98 Å². The van der Waals surface area contributed by atoms with Gasteiger partial charge >= 0.3 is 0 Å². The molecular formula is C26H24N4O4S2. The minimum atomic E-state index is -0.220. The summed E-state index contributed by atoms with van der Waals surface area (Å²) >= 11 is 6.77. The molecule has 0 radical (unpaired) electrons. The first-order valence-corrected chi connectivity index (χ1v) is 13.2. The average Bonchev–Trinajstić information content (AvgIpc) is 3.33. The number of thioether (sulfide) groups is 1. The number of aromatic nitrogens is 2. The standard InChI is InChI=1S/C26H24N4O4S2/c31-24-18(23(28-10-4-1-2-5-11-28)27-22-7-3-6-12-29(22)24)14-21-25(32)30(26(35)36-21)15-17-8-9-19-20(13-17)34-16-33-19/h3,6-9,12-14H,1-2,4-5,10-11,15-16H2/b21-14+. The lowest BCUT2D eigenvalue weighted by molar-refractivity contribution is -0.122. The minimum absolute atomic E-state index is 0.192. The van der Waals surface area contributed by atoms with Crippen LogP contribution in [0.2, 0.25) is 0 Å².